The molecule has 26 heteroatoms. The average Bonchev–Trinajstić information content (AvgIpc) is 0.875. The van der Waals surface area contributed by atoms with Crippen LogP contribution in [0.5, 0.6) is 0 Å². The summed E-state index contributed by atoms with van der Waals surface area (Å²) in [7, 11) is 8.86. The molecule has 24 nitrogen and oxygen atoms in total. The average molecular weight is 1420 g/mol. The molecule has 0 aromatic heterocycles. The van der Waals surface area contributed by atoms with Crippen LogP contribution in [0.4, 0.5) is 0 Å². The molecule has 2 aliphatic heterocycles. The number of nitrogens with zero attached hydrogens (tertiary/aromatic N) is 8. The van der Waals surface area contributed by atoms with Crippen LogP contribution in [-0.4, -0.2) is 251 Å². The molecule has 0 spiro atoms. The van der Waals surface area contributed by atoms with Gasteiger partial charge in [0.25, 0.3) is 0 Å². The third-order valence-electron chi connectivity index (χ3n) is 22.5. The predicted octanol–water partition coefficient (Wildman–Crippen LogP) is 6.06. The molecule has 2 heterocycles. The van der Waals surface area contributed by atoms with Crippen molar-refractivity contribution in [1.29, 1.82) is 0 Å². The van der Waals surface area contributed by atoms with E-state index < -0.39 is 157 Å². The van der Waals surface area contributed by atoms with Crippen LogP contribution in [0.1, 0.15) is 208 Å². The zero-order valence-corrected chi connectivity index (χ0v) is 62.6. The third kappa shape index (κ3) is 22.9. The van der Waals surface area contributed by atoms with Gasteiger partial charge in [0.2, 0.25) is 70.9 Å². The first-order chi connectivity index (χ1) is 46.4. The van der Waals surface area contributed by atoms with E-state index in [9.17, 15) is 38.4 Å². The summed E-state index contributed by atoms with van der Waals surface area (Å²) in [6, 6.07) is -9.51. The van der Waals surface area contributed by atoms with E-state index in [4.69, 9.17) is 23.2 Å². The number of carbonyl (C=O) groups is 12. The SMILES string of the molecule is CC[C@H](C)[C@@H]1NC(=O)[C@H](C)N(C)C(=O)C[C@@H](C(=O)N2CCCC2)NC(=O)[C@H](C(C)C)N(C)C(=O)[C@H](CC2CCCCC2)N(C)C(=O)[C@H](CC2CCCCC2)NC(=O)[C@H](CC2CCCC(Cl)C2)NC(=O)CN(C)C(=O)[C@H](CC2CCC(Cl)CC2)N(C)C(=O)CN(C)C(=O)CN(CC)C1=O. The van der Waals surface area contributed by atoms with Crippen molar-refractivity contribution in [2.24, 2.45) is 35.5 Å². The number of hydrogen-bond acceptors (Lipinski definition) is 12. The fraction of sp³-hybridized carbons (Fsp3) is 0.833. The summed E-state index contributed by atoms with van der Waals surface area (Å²) >= 11 is 13.3. The number of rotatable bonds is 13. The maximum absolute atomic E-state index is 15.7. The molecule has 6 fully saturated rings. The van der Waals surface area contributed by atoms with E-state index in [0.29, 0.717) is 64.5 Å². The first-order valence-corrected chi connectivity index (χ1v) is 37.9. The van der Waals surface area contributed by atoms with Crippen LogP contribution in [0.2, 0.25) is 0 Å². The Kier molecular flexibility index (Phi) is 32.2. The number of carbonyl (C=O) groups excluding carboxylic acids is 12. The lowest BCUT2D eigenvalue weighted by Crippen LogP contribution is -2.61. The Hall–Kier alpha value is -5.78. The topological polar surface area (TPSA) is 279 Å². The Balaban J connectivity index is 1.42. The molecule has 0 radical (unpaired) electrons. The van der Waals surface area contributed by atoms with E-state index >= 15 is 19.2 Å². The summed E-state index contributed by atoms with van der Waals surface area (Å²) < 4.78 is 0. The molecular weight excluding hydrogens is 1300 g/mol. The lowest BCUT2D eigenvalue weighted by molar-refractivity contribution is -0.151. The van der Waals surface area contributed by atoms with Crippen LogP contribution in [0.3, 0.4) is 0 Å². The zero-order chi connectivity index (χ0) is 72.2. The molecule has 0 aromatic carbocycles. The smallest absolute Gasteiger partial charge is 0.245 e. The van der Waals surface area contributed by atoms with E-state index in [1.807, 2.05) is 6.92 Å². The molecule has 0 bridgehead atoms. The van der Waals surface area contributed by atoms with E-state index in [-0.39, 0.29) is 66.7 Å². The summed E-state index contributed by atoms with van der Waals surface area (Å²) in [4.78, 5) is 189. The number of amides is 12. The molecule has 6 rings (SSSR count). The van der Waals surface area contributed by atoms with Gasteiger partial charge in [0.15, 0.2) is 0 Å². The maximum Gasteiger partial charge on any atom is 0.245 e. The van der Waals surface area contributed by atoms with Gasteiger partial charge < -0.3 is 60.5 Å². The highest BCUT2D eigenvalue weighted by Crippen LogP contribution is 2.35. The largest absolute Gasteiger partial charge is 0.343 e. The van der Waals surface area contributed by atoms with E-state index in [1.54, 1.807) is 39.6 Å². The number of alkyl halides is 2. The molecule has 11 atom stereocenters. The highest BCUT2D eigenvalue weighted by atomic mass is 35.5. The Bertz CT molecular complexity index is 2740. The summed E-state index contributed by atoms with van der Waals surface area (Å²) in [6.45, 7) is 9.71. The minimum Gasteiger partial charge on any atom is -0.343 e. The molecule has 4 N–H and O–H groups in total. The van der Waals surface area contributed by atoms with Gasteiger partial charge in [-0.25, -0.2) is 0 Å². The quantitative estimate of drug-likeness (QED) is 0.153. The first kappa shape index (κ1) is 81.2. The summed E-state index contributed by atoms with van der Waals surface area (Å²) in [5, 5.41) is 11.6. The van der Waals surface area contributed by atoms with Gasteiger partial charge in [-0.2, -0.15) is 0 Å². The maximum atomic E-state index is 15.7. The summed E-state index contributed by atoms with van der Waals surface area (Å²) in [5.74, 6) is -8.15. The van der Waals surface area contributed by atoms with Crippen molar-refractivity contribution in [2.45, 2.75) is 268 Å². The highest BCUT2D eigenvalue weighted by Gasteiger charge is 2.44. The van der Waals surface area contributed by atoms with Gasteiger partial charge in [0.1, 0.15) is 48.3 Å². The van der Waals surface area contributed by atoms with Gasteiger partial charge in [-0.3, -0.25) is 57.5 Å². The van der Waals surface area contributed by atoms with Crippen LogP contribution < -0.4 is 21.3 Å². The van der Waals surface area contributed by atoms with Gasteiger partial charge in [-0.1, -0.05) is 111 Å². The lowest BCUT2D eigenvalue weighted by Gasteiger charge is -2.39. The fourth-order valence-corrected chi connectivity index (χ4v) is 16.3. The van der Waals surface area contributed by atoms with Crippen LogP contribution in [0, 0.1) is 35.5 Å². The standard InChI is InChI=1S/C72H120Cl2N12O12/c1-13-46(5)63-72(98)85(14-2)44-61(89)79(7)43-62(90)82(10)57(40-50-30-32-52(73)33-31-50)70(96)80(8)42-59(87)75-54(38-51-28-23-29-53(74)36-51)66(92)76-55(37-48-24-17-15-18-25-48)68(94)83(11)58(39-49-26-19-16-20-27-49)71(97)84(12)64(45(3)4)67(93)77-56(69(95)86-34-21-22-35-86)41-60(88)81(9)47(6)65(91)78-63/h45-58,63-64H,13-44H2,1-12H3,(H,75,87)(H,76,92)(H,77,93)(H,78,91)/t46-,47-,50?,51?,52?,53?,54-,55-,56-,57-,58-,63-,64-/m0/s1. The summed E-state index contributed by atoms with van der Waals surface area (Å²) in [6.07, 6.45) is 17.1. The number of hydrogen-bond donors (Lipinski definition) is 4. The van der Waals surface area contributed by atoms with E-state index in [2.05, 4.69) is 21.3 Å². The number of halogens is 2. The Morgan fingerprint density at radius 2 is 1.04 bits per heavy atom. The van der Waals surface area contributed by atoms with Crippen molar-refractivity contribution in [2.75, 3.05) is 81.6 Å². The second-order valence-electron chi connectivity index (χ2n) is 30.2. The van der Waals surface area contributed by atoms with Crippen molar-refractivity contribution in [3.63, 3.8) is 0 Å². The Morgan fingerprint density at radius 3 is 1.61 bits per heavy atom. The van der Waals surface area contributed by atoms with Gasteiger partial charge in [0, 0.05) is 72.7 Å². The molecule has 0 aromatic rings. The number of likely N-dealkylation sites (tertiary alicyclic amines) is 1. The molecule has 4 aliphatic carbocycles. The van der Waals surface area contributed by atoms with Crippen LogP contribution in [0.15, 0.2) is 0 Å². The van der Waals surface area contributed by atoms with Crippen molar-refractivity contribution < 1.29 is 57.5 Å². The van der Waals surface area contributed by atoms with Crippen molar-refractivity contribution in [1.82, 2.24) is 60.5 Å². The molecular formula is C72H120Cl2N12O12. The van der Waals surface area contributed by atoms with Gasteiger partial charge in [-0.15, -0.1) is 23.2 Å². The van der Waals surface area contributed by atoms with E-state index in [1.165, 1.54) is 71.6 Å². The zero-order valence-electron chi connectivity index (χ0n) is 61.1. The van der Waals surface area contributed by atoms with Gasteiger partial charge in [-0.05, 0) is 126 Å². The van der Waals surface area contributed by atoms with Crippen molar-refractivity contribution in [3.05, 3.63) is 0 Å². The molecule has 4 saturated carbocycles. The predicted molar refractivity (Wildman–Crippen MR) is 377 cm³/mol. The molecule has 2 saturated heterocycles. The number of nitrogens with one attached hydrogen (secondary N) is 4. The molecule has 554 valence electrons. The minimum atomic E-state index is -1.42. The second kappa shape index (κ2) is 38.9. The van der Waals surface area contributed by atoms with Crippen LogP contribution in [0.25, 0.3) is 0 Å². The van der Waals surface area contributed by atoms with Crippen LogP contribution in [-0.2, 0) is 57.5 Å². The first-order valence-electron chi connectivity index (χ1n) is 37.0. The van der Waals surface area contributed by atoms with Crippen LogP contribution >= 0.6 is 23.2 Å². The molecule has 12 amide bonds. The minimum absolute atomic E-state index is 0.00565. The lowest BCUT2D eigenvalue weighted by atomic mass is 9.82. The normalized spacial score (nSPS) is 30.7. The summed E-state index contributed by atoms with van der Waals surface area (Å²) in [5.41, 5.74) is 0. The van der Waals surface area contributed by atoms with Crippen molar-refractivity contribution >= 4 is 94.1 Å². The number of likely N-dealkylation sites (N-methyl/N-ethyl adjacent to an activating group) is 7. The fourth-order valence-electron chi connectivity index (χ4n) is 15.7. The molecule has 2 unspecified atom stereocenters. The molecule has 98 heavy (non-hydrogen) atoms. The van der Waals surface area contributed by atoms with Crippen molar-refractivity contribution in [3.8, 4) is 0 Å². The Morgan fingerprint density at radius 1 is 0.480 bits per heavy atom. The Labute approximate surface area is 593 Å². The second-order valence-corrected chi connectivity index (χ2v) is 31.4. The third-order valence-corrected chi connectivity index (χ3v) is 23.3. The van der Waals surface area contributed by atoms with E-state index in [0.717, 1.165) is 88.4 Å². The monoisotopic (exact) mass is 1410 g/mol. The highest BCUT2D eigenvalue weighted by molar-refractivity contribution is 6.20. The van der Waals surface area contributed by atoms with Gasteiger partial charge in [0.05, 0.1) is 26.1 Å². The van der Waals surface area contributed by atoms with Gasteiger partial charge >= 0.3 is 0 Å². The molecule has 6 aliphatic rings.